The topological polar surface area (TPSA) is 70.5 Å². The van der Waals surface area contributed by atoms with Gasteiger partial charge in [0.2, 0.25) is 0 Å². The Kier molecular flexibility index (Phi) is 4.31. The van der Waals surface area contributed by atoms with Gasteiger partial charge in [0.05, 0.1) is 22.7 Å². The molecule has 0 saturated carbocycles. The molecule has 118 valence electrons. The highest BCUT2D eigenvalue weighted by atomic mass is 32.2. The maximum absolute atomic E-state index is 12.3. The molecule has 6 heteroatoms. The van der Waals surface area contributed by atoms with Gasteiger partial charge in [-0.3, -0.25) is 0 Å². The molecule has 0 radical (unpaired) electrons. The number of hydrogen-bond donors (Lipinski definition) is 1. The van der Waals surface area contributed by atoms with Gasteiger partial charge >= 0.3 is 0 Å². The number of β-amino-alcohol motifs (C(OH)–C–C–N with tert-alkyl or cyclic N) is 1. The Morgan fingerprint density at radius 3 is 2.48 bits per heavy atom. The molecule has 2 rings (SSSR count). The summed E-state index contributed by atoms with van der Waals surface area (Å²) in [5.41, 5.74) is 0.855. The molecule has 0 amide bonds. The SMILES string of the molecule is CC1CCN(c2ccc(S(=O)(=O)C(C)(C)C)nc2)CC1O. The van der Waals surface area contributed by atoms with Crippen molar-refractivity contribution in [1.82, 2.24) is 4.98 Å². The zero-order chi connectivity index (χ0) is 15.8. The van der Waals surface area contributed by atoms with Crippen LogP contribution in [0.25, 0.3) is 0 Å². The summed E-state index contributed by atoms with van der Waals surface area (Å²) in [5, 5.41) is 10.0. The van der Waals surface area contributed by atoms with E-state index in [-0.39, 0.29) is 11.1 Å². The summed E-state index contributed by atoms with van der Waals surface area (Å²) in [6.07, 6.45) is 2.15. The van der Waals surface area contributed by atoms with Gasteiger partial charge in [-0.25, -0.2) is 13.4 Å². The minimum Gasteiger partial charge on any atom is -0.391 e. The van der Waals surface area contributed by atoms with Crippen LogP contribution in [0.2, 0.25) is 0 Å². The van der Waals surface area contributed by atoms with Crippen LogP contribution < -0.4 is 4.90 Å². The maximum atomic E-state index is 12.3. The Bertz CT molecular complexity index is 590. The van der Waals surface area contributed by atoms with Crippen LogP contribution in [0.3, 0.4) is 0 Å². The van der Waals surface area contributed by atoms with E-state index in [1.54, 1.807) is 39.1 Å². The van der Waals surface area contributed by atoms with Crippen molar-refractivity contribution in [3.8, 4) is 0 Å². The molecule has 2 atom stereocenters. The van der Waals surface area contributed by atoms with Crippen LogP contribution in [0.5, 0.6) is 0 Å². The molecule has 2 heterocycles. The first-order valence-electron chi connectivity index (χ1n) is 7.26. The lowest BCUT2D eigenvalue weighted by Crippen LogP contribution is -2.43. The molecule has 5 nitrogen and oxygen atoms in total. The summed E-state index contributed by atoms with van der Waals surface area (Å²) < 4.78 is 23.8. The predicted octanol–water partition coefficient (Wildman–Crippen LogP) is 1.86. The van der Waals surface area contributed by atoms with Crippen molar-refractivity contribution >= 4 is 15.5 Å². The van der Waals surface area contributed by atoms with Crippen molar-refractivity contribution in [2.75, 3.05) is 18.0 Å². The maximum Gasteiger partial charge on any atom is 0.200 e. The fourth-order valence-electron chi connectivity index (χ4n) is 2.32. The van der Waals surface area contributed by atoms with Gasteiger partial charge in [0, 0.05) is 13.1 Å². The van der Waals surface area contributed by atoms with Crippen LogP contribution in [-0.2, 0) is 9.84 Å². The Morgan fingerprint density at radius 2 is 2.00 bits per heavy atom. The summed E-state index contributed by atoms with van der Waals surface area (Å²) in [5.74, 6) is 0.301. The molecule has 2 unspecified atom stereocenters. The van der Waals surface area contributed by atoms with Crippen molar-refractivity contribution in [1.29, 1.82) is 0 Å². The Hall–Kier alpha value is -1.14. The normalized spacial score (nSPS) is 24.1. The number of hydrogen-bond acceptors (Lipinski definition) is 5. The number of sulfone groups is 1. The zero-order valence-electron chi connectivity index (χ0n) is 13.1. The lowest BCUT2D eigenvalue weighted by atomic mass is 9.96. The van der Waals surface area contributed by atoms with Crippen LogP contribution in [0, 0.1) is 5.92 Å². The average molecular weight is 312 g/mol. The monoisotopic (exact) mass is 312 g/mol. The number of aliphatic hydroxyl groups is 1. The summed E-state index contributed by atoms with van der Waals surface area (Å²) in [6, 6.07) is 3.33. The molecule has 1 saturated heterocycles. The van der Waals surface area contributed by atoms with Crippen molar-refractivity contribution in [3.05, 3.63) is 18.3 Å². The molecule has 0 spiro atoms. The van der Waals surface area contributed by atoms with Crippen LogP contribution in [0.15, 0.2) is 23.4 Å². The van der Waals surface area contributed by atoms with Crippen LogP contribution in [0.4, 0.5) is 5.69 Å². The number of rotatable bonds is 2. The average Bonchev–Trinajstić information content (AvgIpc) is 2.41. The van der Waals surface area contributed by atoms with E-state index < -0.39 is 14.6 Å². The summed E-state index contributed by atoms with van der Waals surface area (Å²) in [7, 11) is -3.42. The van der Waals surface area contributed by atoms with Crippen LogP contribution in [0.1, 0.15) is 34.1 Å². The van der Waals surface area contributed by atoms with E-state index in [1.165, 1.54) is 0 Å². The molecule has 21 heavy (non-hydrogen) atoms. The van der Waals surface area contributed by atoms with Gasteiger partial charge < -0.3 is 10.0 Å². The third kappa shape index (κ3) is 3.21. The molecule has 0 aromatic carbocycles. The summed E-state index contributed by atoms with van der Waals surface area (Å²) in [6.45, 7) is 8.46. The van der Waals surface area contributed by atoms with Gasteiger partial charge in [0.25, 0.3) is 0 Å². The molecular formula is C15H24N2O3S. The molecule has 1 aromatic rings. The minimum absolute atomic E-state index is 0.102. The molecule has 1 aliphatic heterocycles. The van der Waals surface area contributed by atoms with Crippen LogP contribution in [-0.4, -0.2) is 42.4 Å². The van der Waals surface area contributed by atoms with Gasteiger partial charge in [0.15, 0.2) is 14.9 Å². The van der Waals surface area contributed by atoms with Gasteiger partial charge in [-0.15, -0.1) is 0 Å². The van der Waals surface area contributed by atoms with Crippen molar-refractivity contribution < 1.29 is 13.5 Å². The number of nitrogens with zero attached hydrogens (tertiary/aromatic N) is 2. The van der Waals surface area contributed by atoms with Gasteiger partial charge in [-0.1, -0.05) is 6.92 Å². The zero-order valence-corrected chi connectivity index (χ0v) is 13.9. The second-order valence-electron chi connectivity index (χ2n) is 6.75. The van der Waals surface area contributed by atoms with E-state index in [0.717, 1.165) is 18.7 Å². The Morgan fingerprint density at radius 1 is 1.33 bits per heavy atom. The number of aliphatic hydroxyl groups excluding tert-OH is 1. The minimum atomic E-state index is -3.42. The second-order valence-corrected chi connectivity index (χ2v) is 9.40. The molecule has 1 N–H and O–H groups in total. The quantitative estimate of drug-likeness (QED) is 0.902. The number of anilines is 1. The van der Waals surface area contributed by atoms with E-state index in [2.05, 4.69) is 4.98 Å². The smallest absolute Gasteiger partial charge is 0.200 e. The lowest BCUT2D eigenvalue weighted by Gasteiger charge is -2.35. The first kappa shape index (κ1) is 16.2. The molecule has 0 aliphatic carbocycles. The van der Waals surface area contributed by atoms with Gasteiger partial charge in [-0.05, 0) is 45.2 Å². The van der Waals surface area contributed by atoms with E-state index in [4.69, 9.17) is 0 Å². The number of pyridine rings is 1. The van der Waals surface area contributed by atoms with Crippen molar-refractivity contribution in [3.63, 3.8) is 0 Å². The van der Waals surface area contributed by atoms with Gasteiger partial charge in [0.1, 0.15) is 0 Å². The Labute approximate surface area is 126 Å². The second kappa shape index (κ2) is 5.57. The Balaban J connectivity index is 2.21. The first-order chi connectivity index (χ1) is 9.63. The third-order valence-electron chi connectivity index (χ3n) is 4.09. The fraction of sp³-hybridized carbons (Fsp3) is 0.667. The largest absolute Gasteiger partial charge is 0.391 e. The van der Waals surface area contributed by atoms with E-state index in [9.17, 15) is 13.5 Å². The first-order valence-corrected chi connectivity index (χ1v) is 8.75. The third-order valence-corrected chi connectivity index (χ3v) is 6.49. The predicted molar refractivity (Wildman–Crippen MR) is 83.2 cm³/mol. The highest BCUT2D eigenvalue weighted by molar-refractivity contribution is 7.92. The summed E-state index contributed by atoms with van der Waals surface area (Å²) >= 11 is 0. The molecule has 1 aromatic heterocycles. The molecule has 0 bridgehead atoms. The van der Waals surface area contributed by atoms with Crippen LogP contribution >= 0.6 is 0 Å². The van der Waals surface area contributed by atoms with E-state index >= 15 is 0 Å². The molecule has 1 aliphatic rings. The highest BCUT2D eigenvalue weighted by Gasteiger charge is 2.32. The molecule has 1 fully saturated rings. The van der Waals surface area contributed by atoms with Gasteiger partial charge in [-0.2, -0.15) is 0 Å². The fourth-order valence-corrected chi connectivity index (χ4v) is 3.38. The summed E-state index contributed by atoms with van der Waals surface area (Å²) in [4.78, 5) is 6.17. The standard InChI is InChI=1S/C15H24N2O3S/c1-11-7-8-17(10-13(11)18)12-5-6-14(16-9-12)21(19,20)15(2,3)4/h5-6,9,11,13,18H,7-8,10H2,1-4H3. The lowest BCUT2D eigenvalue weighted by molar-refractivity contribution is 0.103. The van der Waals surface area contributed by atoms with E-state index in [0.29, 0.717) is 12.5 Å². The number of piperidine rings is 1. The molecular weight excluding hydrogens is 288 g/mol. The van der Waals surface area contributed by atoms with Crippen molar-refractivity contribution in [2.24, 2.45) is 5.92 Å². The van der Waals surface area contributed by atoms with Crippen molar-refractivity contribution in [2.45, 2.75) is 50.0 Å². The van der Waals surface area contributed by atoms with E-state index in [1.807, 2.05) is 11.8 Å². The highest BCUT2D eigenvalue weighted by Crippen LogP contribution is 2.26. The number of aromatic nitrogens is 1.